The van der Waals surface area contributed by atoms with Gasteiger partial charge < -0.3 is 19.3 Å². The number of thioether (sulfide) groups is 3. The largest absolute Gasteiger partial charge is 0.396 e. The molecule has 0 saturated carbocycles. The van der Waals surface area contributed by atoms with Crippen LogP contribution in [0.1, 0.15) is 90.0 Å². The number of carbonyl (C=O) groups excluding carboxylic acids is 3. The Labute approximate surface area is 276 Å². The number of hydrogen-bond donors (Lipinski definition) is 3. The first-order valence-electron chi connectivity index (χ1n) is 14.3. The number of thiol groups is 1. The van der Waals surface area contributed by atoms with Crippen LogP contribution in [0.15, 0.2) is 0 Å². The summed E-state index contributed by atoms with van der Waals surface area (Å²) in [7, 11) is -1.24. The molecule has 0 fully saturated rings. The summed E-state index contributed by atoms with van der Waals surface area (Å²) in [6.07, 6.45) is 0. The van der Waals surface area contributed by atoms with Crippen LogP contribution in [-0.2, 0) is 23.4 Å². The Morgan fingerprint density at radius 2 is 0.952 bits per heavy atom. The van der Waals surface area contributed by atoms with E-state index in [1.165, 1.54) is 35.3 Å². The van der Waals surface area contributed by atoms with E-state index in [-0.39, 0.29) is 56.9 Å². The fourth-order valence-corrected chi connectivity index (χ4v) is 6.55. The van der Waals surface area contributed by atoms with Crippen LogP contribution in [0.3, 0.4) is 0 Å². The van der Waals surface area contributed by atoms with Crippen molar-refractivity contribution in [3.63, 3.8) is 0 Å². The molecule has 0 aliphatic carbocycles. The SMILES string of the molecule is CC(C)(C)C(=O)SCCO.CC(C)N(C(C)C)P(OCCSC(=O)C(C)(C)C)OCCSC(=O)C(C)(C)C.OCCS. The van der Waals surface area contributed by atoms with Crippen LogP contribution in [0.5, 0.6) is 0 Å². The molecule has 13 heteroatoms. The average Bonchev–Trinajstić information content (AvgIpc) is 2.85. The van der Waals surface area contributed by atoms with Crippen molar-refractivity contribution >= 4 is 71.8 Å². The first-order valence-corrected chi connectivity index (χ1v) is 19.0. The summed E-state index contributed by atoms with van der Waals surface area (Å²) >= 11 is 7.49. The van der Waals surface area contributed by atoms with Gasteiger partial charge in [-0.1, -0.05) is 97.6 Å². The van der Waals surface area contributed by atoms with Crippen LogP contribution in [0.25, 0.3) is 0 Å². The highest BCUT2D eigenvalue weighted by Crippen LogP contribution is 2.46. The summed E-state index contributed by atoms with van der Waals surface area (Å²) in [5.74, 6) is 2.30. The lowest BCUT2D eigenvalue weighted by Crippen LogP contribution is -2.34. The molecule has 0 atom stereocenters. The van der Waals surface area contributed by atoms with Gasteiger partial charge in [0.05, 0.1) is 26.4 Å². The number of carbonyl (C=O) groups is 3. The van der Waals surface area contributed by atoms with Crippen molar-refractivity contribution in [2.45, 2.75) is 102 Å². The van der Waals surface area contributed by atoms with Crippen LogP contribution in [-0.4, -0.2) is 91.8 Å². The average molecular weight is 694 g/mol. The summed E-state index contributed by atoms with van der Waals surface area (Å²) in [5, 5.41) is 16.7. The van der Waals surface area contributed by atoms with E-state index in [1.807, 2.05) is 62.3 Å². The van der Waals surface area contributed by atoms with E-state index >= 15 is 0 Å². The second-order valence-electron chi connectivity index (χ2n) is 12.8. The minimum absolute atomic E-state index is 0.0759. The molecule has 0 rings (SSSR count). The van der Waals surface area contributed by atoms with E-state index in [9.17, 15) is 14.4 Å². The van der Waals surface area contributed by atoms with Crippen molar-refractivity contribution in [3.05, 3.63) is 0 Å². The third-order valence-electron chi connectivity index (χ3n) is 4.54. The Balaban J connectivity index is -0.000000893. The van der Waals surface area contributed by atoms with Gasteiger partial charge in [0.15, 0.2) is 15.3 Å². The number of hydrogen-bond acceptors (Lipinski definition) is 12. The quantitative estimate of drug-likeness (QED) is 0.0978. The predicted molar refractivity (Wildman–Crippen MR) is 190 cm³/mol. The Morgan fingerprint density at radius 1 is 0.667 bits per heavy atom. The molecule has 0 aliphatic rings. The molecule has 42 heavy (non-hydrogen) atoms. The van der Waals surface area contributed by atoms with Crippen molar-refractivity contribution < 1.29 is 33.6 Å². The van der Waals surface area contributed by atoms with Crippen LogP contribution in [0.2, 0.25) is 0 Å². The van der Waals surface area contributed by atoms with Crippen LogP contribution >= 0.6 is 56.4 Å². The number of rotatable bonds is 14. The van der Waals surface area contributed by atoms with E-state index < -0.39 is 8.53 Å². The van der Waals surface area contributed by atoms with E-state index in [1.54, 1.807) is 0 Å². The molecule has 8 nitrogen and oxygen atoms in total. The predicted octanol–water partition coefficient (Wildman–Crippen LogP) is 7.17. The molecule has 0 amide bonds. The topological polar surface area (TPSA) is 113 Å². The zero-order valence-corrected chi connectivity index (χ0v) is 32.6. The summed E-state index contributed by atoms with van der Waals surface area (Å²) in [6, 6.07) is 0.553. The maximum absolute atomic E-state index is 12.1. The zero-order valence-electron chi connectivity index (χ0n) is 28.3. The fraction of sp³-hybridized carbons (Fsp3) is 0.897. The monoisotopic (exact) mass is 693 g/mol. The summed E-state index contributed by atoms with van der Waals surface area (Å²) in [4.78, 5) is 35.2. The standard InChI is InChI=1S/C20H40NO4PS2.C7H14O2S.C2H6OS/c1-15(2)21(16(3)4)26(24-11-13-27-17(22)19(5,6)7)25-12-14-28-18(23)20(8,9)10;1-7(2,3)6(9)10-5-4-8;3-1-2-4/h15-16H,11-14H2,1-10H3;8H,4-5H2,1-3H3;3-4H,1-2H2. The molecular weight excluding hydrogens is 634 g/mol. The van der Waals surface area contributed by atoms with E-state index in [4.69, 9.17) is 19.3 Å². The lowest BCUT2D eigenvalue weighted by Gasteiger charge is -2.35. The third kappa shape index (κ3) is 25.9. The second-order valence-corrected chi connectivity index (χ2v) is 17.9. The van der Waals surface area contributed by atoms with Crippen LogP contribution in [0.4, 0.5) is 0 Å². The van der Waals surface area contributed by atoms with E-state index in [2.05, 4.69) is 45.0 Å². The molecule has 0 aromatic heterocycles. The molecular formula is C29H60NO7PS4. The normalized spacial score (nSPS) is 12.3. The minimum Gasteiger partial charge on any atom is -0.396 e. The van der Waals surface area contributed by atoms with Crippen LogP contribution < -0.4 is 0 Å². The zero-order chi connectivity index (χ0) is 33.7. The summed E-state index contributed by atoms with van der Waals surface area (Å²) < 4.78 is 14.4. The van der Waals surface area contributed by atoms with E-state index in [0.29, 0.717) is 36.2 Å². The van der Waals surface area contributed by atoms with Gasteiger partial charge in [-0.2, -0.15) is 12.6 Å². The van der Waals surface area contributed by atoms with Gasteiger partial charge in [-0.25, -0.2) is 4.67 Å². The van der Waals surface area contributed by atoms with Gasteiger partial charge in [0, 0.05) is 51.3 Å². The molecule has 0 spiro atoms. The molecule has 252 valence electrons. The van der Waals surface area contributed by atoms with Crippen molar-refractivity contribution in [1.29, 1.82) is 0 Å². The summed E-state index contributed by atoms with van der Waals surface area (Å²) in [5.41, 5.74) is -0.963. The van der Waals surface area contributed by atoms with Gasteiger partial charge in [-0.3, -0.25) is 14.4 Å². The number of aliphatic hydroxyl groups excluding tert-OH is 2. The highest BCUT2D eigenvalue weighted by atomic mass is 32.2. The maximum atomic E-state index is 12.1. The second kappa shape index (κ2) is 24.8. The Hall–Kier alpha value is 0.640. The lowest BCUT2D eigenvalue weighted by molar-refractivity contribution is -0.118. The van der Waals surface area contributed by atoms with Crippen LogP contribution in [0, 0.1) is 16.2 Å². The molecule has 0 saturated heterocycles. The molecule has 0 unspecified atom stereocenters. The van der Waals surface area contributed by atoms with Crippen molar-refractivity contribution in [2.75, 3.05) is 49.4 Å². The van der Waals surface area contributed by atoms with E-state index in [0.717, 1.165) is 0 Å². The van der Waals surface area contributed by atoms with Crippen molar-refractivity contribution in [2.24, 2.45) is 16.2 Å². The minimum atomic E-state index is -1.24. The van der Waals surface area contributed by atoms with Gasteiger partial charge >= 0.3 is 0 Å². The molecule has 0 radical (unpaired) electrons. The highest BCUT2D eigenvalue weighted by Gasteiger charge is 2.28. The number of aliphatic hydroxyl groups is 2. The Kier molecular flexibility index (Phi) is 27.8. The maximum Gasteiger partial charge on any atom is 0.259 e. The molecule has 2 N–H and O–H groups in total. The highest BCUT2D eigenvalue weighted by molar-refractivity contribution is 8.14. The molecule has 0 heterocycles. The van der Waals surface area contributed by atoms with Gasteiger partial charge in [-0.05, 0) is 27.7 Å². The molecule has 0 aliphatic heterocycles. The third-order valence-corrected chi connectivity index (χ3v) is 10.6. The molecule has 0 bridgehead atoms. The van der Waals surface area contributed by atoms with Crippen molar-refractivity contribution in [1.82, 2.24) is 4.67 Å². The molecule has 0 aromatic carbocycles. The van der Waals surface area contributed by atoms with Gasteiger partial charge in [0.1, 0.15) is 0 Å². The smallest absolute Gasteiger partial charge is 0.259 e. The van der Waals surface area contributed by atoms with Gasteiger partial charge in [-0.15, -0.1) is 0 Å². The Bertz CT molecular complexity index is 693. The van der Waals surface area contributed by atoms with Crippen molar-refractivity contribution in [3.8, 4) is 0 Å². The molecule has 0 aromatic rings. The first-order chi connectivity index (χ1) is 19.1. The lowest BCUT2D eigenvalue weighted by atomic mass is 9.99. The first kappa shape index (κ1) is 47.1. The number of nitrogens with zero attached hydrogens (tertiary/aromatic N) is 1. The fourth-order valence-electron chi connectivity index (χ4n) is 2.43. The van der Waals surface area contributed by atoms with Gasteiger partial charge in [0.25, 0.3) is 8.53 Å². The van der Waals surface area contributed by atoms with Gasteiger partial charge in [0.2, 0.25) is 0 Å². The Morgan fingerprint density at radius 3 is 1.17 bits per heavy atom. The summed E-state index contributed by atoms with van der Waals surface area (Å²) in [6.45, 7) is 26.8.